The quantitative estimate of drug-likeness (QED) is 0.613. The minimum Gasteiger partial charge on any atom is -0.399 e. The Morgan fingerprint density at radius 3 is 2.79 bits per heavy atom. The number of fused-ring (bicyclic) bond motifs is 1. The third kappa shape index (κ3) is 2.15. The molecule has 0 saturated heterocycles. The maximum Gasteiger partial charge on any atom is 0.256 e. The van der Waals surface area contributed by atoms with Crippen LogP contribution in [0.4, 0.5) is 11.4 Å². The topological polar surface area (TPSA) is 70.9 Å². The van der Waals surface area contributed by atoms with Gasteiger partial charge in [-0.15, -0.1) is 0 Å². The van der Waals surface area contributed by atoms with Crippen molar-refractivity contribution >= 4 is 28.2 Å². The van der Waals surface area contributed by atoms with Gasteiger partial charge in [0.25, 0.3) is 5.91 Å². The zero-order valence-corrected chi connectivity index (χ0v) is 10.2. The average molecular weight is 251 g/mol. The van der Waals surface area contributed by atoms with Crippen molar-refractivity contribution in [2.45, 2.75) is 0 Å². The number of amides is 1. The second-order valence-electron chi connectivity index (χ2n) is 4.32. The van der Waals surface area contributed by atoms with Crippen molar-refractivity contribution < 1.29 is 4.79 Å². The van der Waals surface area contributed by atoms with E-state index in [1.165, 1.54) is 0 Å². The van der Waals surface area contributed by atoms with Crippen LogP contribution in [-0.4, -0.2) is 10.9 Å². The largest absolute Gasteiger partial charge is 0.399 e. The molecule has 1 aromatic heterocycles. The highest BCUT2D eigenvalue weighted by atomic mass is 16.1. The first-order valence-corrected chi connectivity index (χ1v) is 5.97. The van der Waals surface area contributed by atoms with Gasteiger partial charge < -0.3 is 16.0 Å². The first kappa shape index (κ1) is 11.3. The molecule has 4 heteroatoms. The summed E-state index contributed by atoms with van der Waals surface area (Å²) in [5, 5.41) is 3.75. The second-order valence-corrected chi connectivity index (χ2v) is 4.32. The van der Waals surface area contributed by atoms with Gasteiger partial charge in [0, 0.05) is 34.0 Å². The first-order chi connectivity index (χ1) is 9.24. The predicted octanol–water partition coefficient (Wildman–Crippen LogP) is 3.00. The smallest absolute Gasteiger partial charge is 0.256 e. The van der Waals surface area contributed by atoms with Crippen molar-refractivity contribution in [1.29, 1.82) is 0 Å². The molecule has 2 aromatic carbocycles. The third-order valence-electron chi connectivity index (χ3n) is 2.98. The molecule has 0 aliphatic carbocycles. The van der Waals surface area contributed by atoms with Crippen LogP contribution in [0.2, 0.25) is 0 Å². The number of rotatable bonds is 2. The summed E-state index contributed by atoms with van der Waals surface area (Å²) in [6, 6.07) is 14.6. The molecule has 0 atom stereocenters. The molecule has 0 spiro atoms. The Labute approximate surface area is 110 Å². The fourth-order valence-electron chi connectivity index (χ4n) is 2.10. The molecule has 19 heavy (non-hydrogen) atoms. The lowest BCUT2D eigenvalue weighted by molar-refractivity contribution is 0.102. The SMILES string of the molecule is Nc1cccc(NC(=O)c2cccc3[nH]ccc23)c1. The Balaban J connectivity index is 1.94. The highest BCUT2D eigenvalue weighted by Gasteiger charge is 2.10. The Morgan fingerprint density at radius 1 is 1.11 bits per heavy atom. The highest BCUT2D eigenvalue weighted by molar-refractivity contribution is 6.12. The summed E-state index contributed by atoms with van der Waals surface area (Å²) in [6.45, 7) is 0. The summed E-state index contributed by atoms with van der Waals surface area (Å²) in [5.74, 6) is -0.143. The van der Waals surface area contributed by atoms with Crippen LogP contribution in [0.25, 0.3) is 10.9 Å². The Hall–Kier alpha value is -2.75. The van der Waals surface area contributed by atoms with Gasteiger partial charge in [0.05, 0.1) is 0 Å². The number of nitrogen functional groups attached to an aromatic ring is 1. The van der Waals surface area contributed by atoms with Crippen molar-refractivity contribution in [1.82, 2.24) is 4.98 Å². The highest BCUT2D eigenvalue weighted by Crippen LogP contribution is 2.19. The van der Waals surface area contributed by atoms with E-state index in [1.54, 1.807) is 18.2 Å². The van der Waals surface area contributed by atoms with Gasteiger partial charge in [-0.3, -0.25) is 4.79 Å². The summed E-state index contributed by atoms with van der Waals surface area (Å²) in [7, 11) is 0. The molecule has 1 heterocycles. The predicted molar refractivity (Wildman–Crippen MR) is 77.1 cm³/mol. The molecule has 0 aliphatic rings. The van der Waals surface area contributed by atoms with E-state index in [2.05, 4.69) is 10.3 Å². The summed E-state index contributed by atoms with van der Waals surface area (Å²) in [5.41, 5.74) is 8.59. The zero-order chi connectivity index (χ0) is 13.2. The van der Waals surface area contributed by atoms with Crippen LogP contribution in [0.5, 0.6) is 0 Å². The first-order valence-electron chi connectivity index (χ1n) is 5.97. The number of nitrogens with two attached hydrogens (primary N) is 1. The number of aromatic nitrogens is 1. The van der Waals surface area contributed by atoms with Crippen LogP contribution in [0.15, 0.2) is 54.7 Å². The van der Waals surface area contributed by atoms with E-state index in [0.29, 0.717) is 16.9 Å². The Kier molecular flexibility index (Phi) is 2.68. The van der Waals surface area contributed by atoms with Gasteiger partial charge in [-0.25, -0.2) is 0 Å². The van der Waals surface area contributed by atoms with Crippen molar-refractivity contribution in [3.8, 4) is 0 Å². The van der Waals surface area contributed by atoms with Crippen LogP contribution in [0.3, 0.4) is 0 Å². The number of nitrogens with one attached hydrogen (secondary N) is 2. The van der Waals surface area contributed by atoms with Gasteiger partial charge in [-0.1, -0.05) is 12.1 Å². The Morgan fingerprint density at radius 2 is 1.95 bits per heavy atom. The molecule has 0 unspecified atom stereocenters. The fourth-order valence-corrected chi connectivity index (χ4v) is 2.10. The standard InChI is InChI=1S/C15H13N3O/c16-10-3-1-4-11(9-10)18-15(19)13-5-2-6-14-12(13)7-8-17-14/h1-9,17H,16H2,(H,18,19). The van der Waals surface area contributed by atoms with Crippen molar-refractivity contribution in [2.75, 3.05) is 11.1 Å². The van der Waals surface area contributed by atoms with E-state index in [0.717, 1.165) is 10.9 Å². The van der Waals surface area contributed by atoms with E-state index in [4.69, 9.17) is 5.73 Å². The summed E-state index contributed by atoms with van der Waals surface area (Å²) >= 11 is 0. The minimum absolute atomic E-state index is 0.143. The molecule has 0 radical (unpaired) electrons. The lowest BCUT2D eigenvalue weighted by Gasteiger charge is -2.07. The van der Waals surface area contributed by atoms with Crippen LogP contribution in [0.1, 0.15) is 10.4 Å². The molecule has 1 amide bonds. The molecule has 0 fully saturated rings. The van der Waals surface area contributed by atoms with Crippen molar-refractivity contribution in [3.05, 3.63) is 60.3 Å². The monoisotopic (exact) mass is 251 g/mol. The molecule has 0 saturated carbocycles. The number of carbonyl (C=O) groups excluding carboxylic acids is 1. The van der Waals surface area contributed by atoms with Crippen molar-refractivity contribution in [3.63, 3.8) is 0 Å². The molecular formula is C15H13N3O. The van der Waals surface area contributed by atoms with E-state index in [-0.39, 0.29) is 5.91 Å². The molecule has 4 nitrogen and oxygen atoms in total. The van der Waals surface area contributed by atoms with Crippen molar-refractivity contribution in [2.24, 2.45) is 0 Å². The molecule has 0 aliphatic heterocycles. The normalized spacial score (nSPS) is 10.5. The molecule has 3 aromatic rings. The van der Waals surface area contributed by atoms with Gasteiger partial charge >= 0.3 is 0 Å². The van der Waals surface area contributed by atoms with Gasteiger partial charge in [0.2, 0.25) is 0 Å². The maximum atomic E-state index is 12.3. The number of carbonyl (C=O) groups is 1. The van der Waals surface area contributed by atoms with E-state index >= 15 is 0 Å². The lowest BCUT2D eigenvalue weighted by Crippen LogP contribution is -2.12. The molecule has 94 valence electrons. The van der Waals surface area contributed by atoms with Crippen LogP contribution < -0.4 is 11.1 Å². The van der Waals surface area contributed by atoms with E-state index < -0.39 is 0 Å². The molecular weight excluding hydrogens is 238 g/mol. The fraction of sp³-hybridized carbons (Fsp3) is 0. The van der Waals surface area contributed by atoms with Gasteiger partial charge in [-0.2, -0.15) is 0 Å². The number of benzene rings is 2. The van der Waals surface area contributed by atoms with E-state index in [9.17, 15) is 4.79 Å². The number of hydrogen-bond acceptors (Lipinski definition) is 2. The van der Waals surface area contributed by atoms with Gasteiger partial charge in [0.15, 0.2) is 0 Å². The number of anilines is 2. The summed E-state index contributed by atoms with van der Waals surface area (Å²) in [6.07, 6.45) is 1.82. The molecule has 0 bridgehead atoms. The molecule has 3 rings (SSSR count). The second kappa shape index (κ2) is 4.49. The van der Waals surface area contributed by atoms with E-state index in [1.807, 2.05) is 36.5 Å². The average Bonchev–Trinajstić information content (AvgIpc) is 2.86. The van der Waals surface area contributed by atoms with Crippen LogP contribution in [-0.2, 0) is 0 Å². The number of aromatic amines is 1. The minimum atomic E-state index is -0.143. The third-order valence-corrected chi connectivity index (χ3v) is 2.98. The Bertz CT molecular complexity index is 746. The summed E-state index contributed by atoms with van der Waals surface area (Å²) < 4.78 is 0. The number of hydrogen-bond donors (Lipinski definition) is 3. The number of H-pyrrole nitrogens is 1. The summed E-state index contributed by atoms with van der Waals surface area (Å²) in [4.78, 5) is 15.4. The van der Waals surface area contributed by atoms with Crippen LogP contribution >= 0.6 is 0 Å². The van der Waals surface area contributed by atoms with Crippen LogP contribution in [0, 0.1) is 0 Å². The lowest BCUT2D eigenvalue weighted by atomic mass is 10.1. The zero-order valence-electron chi connectivity index (χ0n) is 10.2. The van der Waals surface area contributed by atoms with Gasteiger partial charge in [0.1, 0.15) is 0 Å². The molecule has 4 N–H and O–H groups in total. The van der Waals surface area contributed by atoms with Gasteiger partial charge in [-0.05, 0) is 36.4 Å². The maximum absolute atomic E-state index is 12.3.